The van der Waals surface area contributed by atoms with Crippen LogP contribution in [0, 0.1) is 69.6 Å². The Morgan fingerprint density at radius 3 is 0.678 bits per heavy atom. The second-order valence-corrected chi connectivity index (χ2v) is 39.2. The van der Waals surface area contributed by atoms with Crippen molar-refractivity contribution in [1.82, 2.24) is 9.80 Å². The zero-order valence-electron chi connectivity index (χ0n) is 88.1. The molecule has 0 atom stereocenters. The monoisotopic (exact) mass is 1980 g/mol. The number of benzene rings is 16. The van der Waals surface area contributed by atoms with Gasteiger partial charge in [0.15, 0.2) is 0 Å². The molecule has 0 amide bonds. The number of phenols is 6. The Labute approximate surface area is 875 Å². The van der Waals surface area contributed by atoms with Gasteiger partial charge in [0.05, 0.1) is 34.9 Å². The van der Waals surface area contributed by atoms with Gasteiger partial charge in [0, 0.05) is 88.4 Å². The zero-order chi connectivity index (χ0) is 106. The summed E-state index contributed by atoms with van der Waals surface area (Å²) in [6.07, 6.45) is 0. The molecule has 20 rings (SSSR count). The first-order valence-corrected chi connectivity index (χ1v) is 49.3. The van der Waals surface area contributed by atoms with Crippen molar-refractivity contribution in [2.45, 2.75) is 144 Å². The number of ether oxygens (including phenoxy) is 6. The van der Waals surface area contributed by atoms with Crippen LogP contribution in [-0.2, 0) is 99.3 Å². The highest BCUT2D eigenvalue weighted by molar-refractivity contribution is 6.10. The van der Waals surface area contributed by atoms with Gasteiger partial charge in [0.25, 0.3) is 0 Å². The molecular weight excluding hydrogens is 1860 g/mol. The van der Waals surface area contributed by atoms with Crippen LogP contribution < -0.4 is 9.47 Å². The lowest BCUT2D eigenvalue weighted by Gasteiger charge is -2.35. The highest BCUT2D eigenvalue weighted by atomic mass is 16.6. The predicted octanol–water partition coefficient (Wildman–Crippen LogP) is 25.7. The van der Waals surface area contributed by atoms with Crippen molar-refractivity contribution in [1.29, 1.82) is 0 Å². The van der Waals surface area contributed by atoms with Gasteiger partial charge >= 0.3 is 23.9 Å². The lowest BCUT2D eigenvalue weighted by Crippen LogP contribution is -2.30. The number of aryl methyl sites for hydroxylation is 8. The summed E-state index contributed by atoms with van der Waals surface area (Å²) < 4.78 is 33.0. The van der Waals surface area contributed by atoms with Crippen molar-refractivity contribution in [2.75, 3.05) is 42.4 Å². The molecule has 0 saturated heterocycles. The van der Waals surface area contributed by atoms with Gasteiger partial charge in [-0.1, -0.05) is 255 Å². The standard InChI is InChI=1S/C37H34O8.C33H36N2O2.C31H30O4.C27H22O2.CH2B.CH3/c1-21-15-29(17-27(19-42-23(3)38)35(21)44-25(5)40)37(33-13-9-7-11-31(33)32-12-8-10-14-34(32)37)30-16-22(2)36(45-26(6)41)28(18-30)20-43-24(4)39;1-21-15-25(17-23(31(21)36)19-34(3)4)33(26-16-22(2)32(37)24(18-26)20-35(5)6)29-13-9-7-11-27(29)28-12-8-10-14-30(28)33;1-19-13-23(15-21(17-34-3)29(19)32)31(24-14-20(2)30(33)22(16-24)18-35-4)27-11-7-5-9-25(27)26-10-6-8-12-28(26)31;1-17-15-19(11-13-25(17)28)27(20-12-14-26(29)18(2)16-20)23-9-5-3-7-21(23)22-8-4-6-10-24(22)27;1-2;/h7-18H,19-20H2,1-6H3;7-18,36-37H,19-20H2,1-6H3;5-16,32-33H,17-18H2,1-4H3;3-16,28-29H,1-2H3;1H2;1H3/q;;;;2*-1. The Bertz CT molecular complexity index is 7390. The van der Waals surface area contributed by atoms with E-state index in [2.05, 4.69) is 255 Å². The average Bonchev–Trinajstić information content (AvgIpc) is 1.55. The Morgan fingerprint density at radius 2 is 0.463 bits per heavy atom. The fourth-order valence-corrected chi connectivity index (χ4v) is 22.9. The molecular formula is C130H127BN2O16-2. The van der Waals surface area contributed by atoms with Gasteiger partial charge in [-0.25, -0.2) is 0 Å². The number of carbonyl (C=O) groups is 4. The molecule has 0 bridgehead atoms. The predicted molar refractivity (Wildman–Crippen MR) is 590 cm³/mol. The van der Waals surface area contributed by atoms with Crippen LogP contribution in [0.3, 0.4) is 0 Å². The van der Waals surface area contributed by atoms with Crippen LogP contribution in [-0.4, -0.2) is 115 Å². The third-order valence-electron chi connectivity index (χ3n) is 28.8. The van der Waals surface area contributed by atoms with Crippen molar-refractivity contribution in [3.63, 3.8) is 0 Å². The van der Waals surface area contributed by atoms with Gasteiger partial charge in [0.2, 0.25) is 0 Å². The summed E-state index contributed by atoms with van der Waals surface area (Å²) in [5, 5.41) is 64.0. The van der Waals surface area contributed by atoms with Crippen LogP contribution in [0.25, 0.3) is 44.5 Å². The molecule has 2 radical (unpaired) electrons. The van der Waals surface area contributed by atoms with Crippen molar-refractivity contribution < 1.29 is 78.2 Å². The summed E-state index contributed by atoms with van der Waals surface area (Å²) in [5.41, 5.74) is 34.9. The molecule has 0 aromatic heterocycles. The summed E-state index contributed by atoms with van der Waals surface area (Å²) in [5.74, 6) is 0.550. The second kappa shape index (κ2) is 44.4. The van der Waals surface area contributed by atoms with Gasteiger partial charge in [-0.2, -0.15) is 7.85 Å². The molecule has 18 nitrogen and oxygen atoms in total. The summed E-state index contributed by atoms with van der Waals surface area (Å²) in [7, 11) is 15.6. The molecule has 0 spiro atoms. The first-order valence-electron chi connectivity index (χ1n) is 49.3. The number of fused-ring (bicyclic) bond motifs is 12. The molecule has 758 valence electrons. The number of hydrogen-bond donors (Lipinski definition) is 6. The number of methoxy groups -OCH3 is 2. The topological polar surface area (TPSA) is 252 Å². The van der Waals surface area contributed by atoms with E-state index in [0.29, 0.717) is 83.1 Å². The average molecular weight is 1980 g/mol. The van der Waals surface area contributed by atoms with E-state index in [9.17, 15) is 49.8 Å². The summed E-state index contributed by atoms with van der Waals surface area (Å²) in [6.45, 7) is 25.1. The van der Waals surface area contributed by atoms with E-state index in [1.54, 1.807) is 26.4 Å². The number of phenolic OH excluding ortho intramolecular Hbond substituents is 6. The normalized spacial score (nSPS) is 13.1. The highest BCUT2D eigenvalue weighted by Crippen LogP contribution is 2.63. The number of rotatable bonds is 22. The third kappa shape index (κ3) is 19.6. The third-order valence-corrected chi connectivity index (χ3v) is 28.8. The zero-order valence-corrected chi connectivity index (χ0v) is 88.1. The SMILES string of the molecule is CC(=O)OCc1cc(C2(c3cc(C)c(OC(C)=O)c(COC(C)=O)c3)c3ccccc3-c3ccccc32)cc(C)c1OC(C)=O.COCc1cc(C2(c3cc(C)c(O)c(COC)c3)c3ccccc3-c3ccccc32)cc(C)c1O.Cc1cc(C2(c3cc(C)c(O)c(CN(C)C)c3)c3ccccc3-c3ccccc32)cc(CN(C)C)c1O.Cc1cc(C2(c3ccc(O)c(C)c3)c3ccccc3-c3ccccc32)ccc1O.[B][CH2-].[CH3-]. The van der Waals surface area contributed by atoms with Crippen molar-refractivity contribution in [3.05, 3.63) is 484 Å². The minimum atomic E-state index is -0.915. The molecule has 0 heterocycles. The maximum atomic E-state index is 12.1. The maximum Gasteiger partial charge on any atom is 0.308 e. The number of esters is 4. The number of nitrogens with zero attached hydrogens (tertiary/aromatic N) is 2. The summed E-state index contributed by atoms with van der Waals surface area (Å²) in [4.78, 5) is 52.1. The maximum absolute atomic E-state index is 12.1. The molecule has 19 heteroatoms. The van der Waals surface area contributed by atoms with Crippen molar-refractivity contribution in [2.24, 2.45) is 0 Å². The molecule has 6 N–H and O–H groups in total. The first-order chi connectivity index (χ1) is 71.0. The molecule has 0 saturated carbocycles. The lowest BCUT2D eigenvalue weighted by atomic mass is 9.66. The molecule has 4 aliphatic rings. The highest BCUT2D eigenvalue weighted by Gasteiger charge is 2.52. The quantitative estimate of drug-likeness (QED) is 0.0160. The van der Waals surface area contributed by atoms with E-state index in [0.717, 1.165) is 122 Å². The van der Waals surface area contributed by atoms with E-state index in [-0.39, 0.29) is 32.1 Å². The molecule has 0 fully saturated rings. The van der Waals surface area contributed by atoms with Crippen LogP contribution >= 0.6 is 0 Å². The van der Waals surface area contributed by atoms with E-state index in [1.165, 1.54) is 94.5 Å². The molecule has 149 heavy (non-hydrogen) atoms. The van der Waals surface area contributed by atoms with Crippen LogP contribution in [0.2, 0.25) is 0 Å². The summed E-state index contributed by atoms with van der Waals surface area (Å²) >= 11 is 0. The van der Waals surface area contributed by atoms with Crippen LogP contribution in [0.15, 0.2) is 303 Å². The van der Waals surface area contributed by atoms with Gasteiger partial charge in [-0.05, 0) is 310 Å². The van der Waals surface area contributed by atoms with Gasteiger partial charge in [-0.3, -0.25) is 19.2 Å². The molecule has 0 aliphatic heterocycles. The van der Waals surface area contributed by atoms with Crippen LogP contribution in [0.5, 0.6) is 46.0 Å². The fourth-order valence-electron chi connectivity index (χ4n) is 22.9. The van der Waals surface area contributed by atoms with Crippen molar-refractivity contribution >= 4 is 31.7 Å². The van der Waals surface area contributed by atoms with Gasteiger partial charge < -0.3 is 83.1 Å². The van der Waals surface area contributed by atoms with E-state index >= 15 is 0 Å². The van der Waals surface area contributed by atoms with Crippen LogP contribution in [0.4, 0.5) is 0 Å². The number of aromatic hydroxyl groups is 6. The number of carbonyl (C=O) groups excluding carboxylic acids is 4. The smallest absolute Gasteiger partial charge is 0.308 e. The van der Waals surface area contributed by atoms with Crippen molar-refractivity contribution in [3.8, 4) is 90.5 Å². The minimum Gasteiger partial charge on any atom is -0.508 e. The van der Waals surface area contributed by atoms with E-state index < -0.39 is 45.5 Å². The Kier molecular flexibility index (Phi) is 32.0. The minimum absolute atomic E-state index is 0. The fraction of sp³-hybridized carbons (Fsp3) is 0.215. The second-order valence-electron chi connectivity index (χ2n) is 39.2. The Morgan fingerprint density at radius 1 is 0.262 bits per heavy atom. The number of hydrogen-bond acceptors (Lipinski definition) is 18. The van der Waals surface area contributed by atoms with Gasteiger partial charge in [-0.15, -0.1) is 0 Å². The molecule has 0 unspecified atom stereocenters. The first kappa shape index (κ1) is 107. The molecule has 16 aromatic carbocycles. The lowest BCUT2D eigenvalue weighted by molar-refractivity contribution is -0.143. The van der Waals surface area contributed by atoms with E-state index in [1.807, 2.05) is 144 Å². The Balaban J connectivity index is 0.000000149. The van der Waals surface area contributed by atoms with Gasteiger partial charge in [0.1, 0.15) is 59.2 Å². The van der Waals surface area contributed by atoms with E-state index in [4.69, 9.17) is 28.4 Å². The molecule has 4 aliphatic carbocycles. The molecule has 16 aromatic rings. The summed E-state index contributed by atoms with van der Waals surface area (Å²) in [6, 6.07) is 104. The largest absolute Gasteiger partial charge is 0.508 e. The Hall–Kier alpha value is -15.9. The van der Waals surface area contributed by atoms with Crippen LogP contribution in [0.1, 0.15) is 195 Å².